The molecule has 2 aliphatic heterocycles. The van der Waals surface area contributed by atoms with Crippen LogP contribution in [0.5, 0.6) is 0 Å². The first-order valence-electron chi connectivity index (χ1n) is 12.2. The number of sulfonamides is 1. The Morgan fingerprint density at radius 3 is 2.17 bits per heavy atom. The van der Waals surface area contributed by atoms with Crippen molar-refractivity contribution in [1.82, 2.24) is 19.2 Å². The number of carbonyl (C=O) groups excluding carboxylic acids is 1. The van der Waals surface area contributed by atoms with E-state index in [-0.39, 0.29) is 10.5 Å². The quantitative estimate of drug-likeness (QED) is 0.523. The highest BCUT2D eigenvalue weighted by Gasteiger charge is 2.29. The maximum absolute atomic E-state index is 13.3. The third-order valence-corrected chi connectivity index (χ3v) is 8.71. The van der Waals surface area contributed by atoms with Crippen LogP contribution < -0.4 is 10.6 Å². The van der Waals surface area contributed by atoms with Gasteiger partial charge in [0.05, 0.1) is 10.5 Å². The summed E-state index contributed by atoms with van der Waals surface area (Å²) in [5.74, 6) is -0.133. The van der Waals surface area contributed by atoms with E-state index in [1.165, 1.54) is 35.1 Å². The monoisotopic (exact) mass is 506 g/mol. The number of benzene rings is 2. The average Bonchev–Trinajstić information content (AvgIpc) is 3.42. The summed E-state index contributed by atoms with van der Waals surface area (Å²) in [7, 11) is -3.61. The van der Waals surface area contributed by atoms with Crippen LogP contribution >= 0.6 is 0 Å². The van der Waals surface area contributed by atoms with Gasteiger partial charge in [-0.1, -0.05) is 30.3 Å². The Morgan fingerprint density at radius 1 is 0.861 bits per heavy atom. The molecular formula is C26H30N6O3S. The van der Waals surface area contributed by atoms with Crippen molar-refractivity contribution in [2.45, 2.75) is 24.3 Å². The highest BCUT2D eigenvalue weighted by molar-refractivity contribution is 7.89. The number of nitrogens with two attached hydrogens (primary N) is 1. The van der Waals surface area contributed by atoms with E-state index in [2.05, 4.69) is 39.1 Å². The van der Waals surface area contributed by atoms with Crippen LogP contribution in [0.2, 0.25) is 0 Å². The summed E-state index contributed by atoms with van der Waals surface area (Å²) >= 11 is 0. The molecule has 1 aromatic heterocycles. The zero-order chi connectivity index (χ0) is 25.1. The zero-order valence-electron chi connectivity index (χ0n) is 20.1. The number of carbonyl (C=O) groups is 1. The molecule has 2 fully saturated rings. The van der Waals surface area contributed by atoms with Crippen molar-refractivity contribution in [3.8, 4) is 11.1 Å². The number of amides is 1. The van der Waals surface area contributed by atoms with Crippen LogP contribution in [0.3, 0.4) is 0 Å². The molecule has 5 rings (SSSR count). The van der Waals surface area contributed by atoms with E-state index in [4.69, 9.17) is 5.73 Å². The van der Waals surface area contributed by atoms with Crippen LogP contribution in [0.15, 0.2) is 65.8 Å². The van der Waals surface area contributed by atoms with E-state index in [0.29, 0.717) is 32.1 Å². The molecule has 0 atom stereocenters. The van der Waals surface area contributed by atoms with E-state index in [1.54, 1.807) is 12.1 Å². The van der Waals surface area contributed by atoms with Crippen molar-refractivity contribution < 1.29 is 13.2 Å². The van der Waals surface area contributed by atoms with Gasteiger partial charge < -0.3 is 10.6 Å². The fraction of sp³-hybridized carbons (Fsp3) is 0.346. The normalized spacial score (nSPS) is 17.4. The van der Waals surface area contributed by atoms with Crippen molar-refractivity contribution >= 4 is 21.9 Å². The maximum atomic E-state index is 13.3. The SMILES string of the molecule is NC(=O)c1cnc(N2CCN(S(=O)(=O)c3ccc(-c4cccc(CN5CCCC5)c4)cc3)CC2)nc1. The fourth-order valence-corrected chi connectivity index (χ4v) is 6.18. The van der Waals surface area contributed by atoms with E-state index in [9.17, 15) is 13.2 Å². The summed E-state index contributed by atoms with van der Waals surface area (Å²) < 4.78 is 28.0. The predicted octanol–water partition coefficient (Wildman–Crippen LogP) is 2.35. The number of nitrogens with zero attached hydrogens (tertiary/aromatic N) is 5. The smallest absolute Gasteiger partial charge is 0.251 e. The highest BCUT2D eigenvalue weighted by Crippen LogP contribution is 2.25. The molecule has 188 valence electrons. The molecule has 0 radical (unpaired) electrons. The van der Waals surface area contributed by atoms with Crippen LogP contribution in [0.4, 0.5) is 5.95 Å². The molecule has 0 saturated carbocycles. The Labute approximate surface area is 211 Å². The van der Waals surface area contributed by atoms with Gasteiger partial charge in [0, 0.05) is 45.1 Å². The Hall–Kier alpha value is -3.34. The van der Waals surface area contributed by atoms with Gasteiger partial charge in [0.25, 0.3) is 5.91 Å². The summed E-state index contributed by atoms with van der Waals surface area (Å²) in [6.07, 6.45) is 5.31. The van der Waals surface area contributed by atoms with Crippen molar-refractivity contribution in [2.24, 2.45) is 5.73 Å². The molecule has 2 aliphatic rings. The van der Waals surface area contributed by atoms with E-state index >= 15 is 0 Å². The van der Waals surface area contributed by atoms with Crippen LogP contribution in [0.25, 0.3) is 11.1 Å². The number of primary amides is 1. The third kappa shape index (κ3) is 5.25. The lowest BCUT2D eigenvalue weighted by atomic mass is 10.0. The zero-order valence-corrected chi connectivity index (χ0v) is 20.9. The van der Waals surface area contributed by atoms with Crippen molar-refractivity contribution in [3.05, 3.63) is 72.1 Å². The second-order valence-corrected chi connectivity index (χ2v) is 11.2. The lowest BCUT2D eigenvalue weighted by Gasteiger charge is -2.34. The molecule has 0 aliphatic carbocycles. The molecule has 1 amide bonds. The van der Waals surface area contributed by atoms with Crippen LogP contribution in [0, 0.1) is 0 Å². The van der Waals surface area contributed by atoms with Crippen LogP contribution in [0.1, 0.15) is 28.8 Å². The summed E-state index contributed by atoms with van der Waals surface area (Å²) in [6.45, 7) is 4.81. The lowest BCUT2D eigenvalue weighted by molar-refractivity contribution is 0.0999. The van der Waals surface area contributed by atoms with Gasteiger partial charge in [-0.25, -0.2) is 18.4 Å². The van der Waals surface area contributed by atoms with Gasteiger partial charge in [0.15, 0.2) is 0 Å². The molecule has 2 saturated heterocycles. The topological polar surface area (TPSA) is 113 Å². The standard InChI is InChI=1S/C26H30N6O3S/c27-25(33)23-17-28-26(29-18-23)31-12-14-32(15-13-31)36(34,35)24-8-6-21(7-9-24)22-5-3-4-20(16-22)19-30-10-1-2-11-30/h3-9,16-18H,1-2,10-15,19H2,(H2,27,33). The summed E-state index contributed by atoms with van der Waals surface area (Å²) in [5.41, 5.74) is 8.84. The minimum absolute atomic E-state index is 0.238. The Balaban J connectivity index is 1.23. The Kier molecular flexibility index (Phi) is 6.99. The predicted molar refractivity (Wildman–Crippen MR) is 138 cm³/mol. The number of aromatic nitrogens is 2. The second kappa shape index (κ2) is 10.3. The molecule has 2 N–H and O–H groups in total. The number of anilines is 1. The molecule has 3 aromatic rings. The van der Waals surface area contributed by atoms with Crippen molar-refractivity contribution in [3.63, 3.8) is 0 Å². The largest absolute Gasteiger partial charge is 0.366 e. The number of rotatable bonds is 7. The first-order chi connectivity index (χ1) is 17.4. The number of hydrogen-bond donors (Lipinski definition) is 1. The minimum Gasteiger partial charge on any atom is -0.366 e. The van der Waals surface area contributed by atoms with Gasteiger partial charge in [0.1, 0.15) is 0 Å². The fourth-order valence-electron chi connectivity index (χ4n) is 4.76. The molecule has 0 spiro atoms. The molecule has 3 heterocycles. The van der Waals surface area contributed by atoms with E-state index in [1.807, 2.05) is 17.0 Å². The van der Waals surface area contributed by atoms with Crippen LogP contribution in [-0.2, 0) is 16.6 Å². The van der Waals surface area contributed by atoms with Crippen molar-refractivity contribution in [1.29, 1.82) is 0 Å². The van der Waals surface area contributed by atoms with Gasteiger partial charge in [-0.2, -0.15) is 4.31 Å². The second-order valence-electron chi connectivity index (χ2n) is 9.24. The van der Waals surface area contributed by atoms with E-state index < -0.39 is 15.9 Å². The van der Waals surface area contributed by atoms with Gasteiger partial charge >= 0.3 is 0 Å². The third-order valence-electron chi connectivity index (χ3n) is 6.80. The number of likely N-dealkylation sites (tertiary alicyclic amines) is 1. The summed E-state index contributed by atoms with van der Waals surface area (Å²) in [6, 6.07) is 15.6. The van der Waals surface area contributed by atoms with E-state index in [0.717, 1.165) is 30.8 Å². The Bertz CT molecular complexity index is 1310. The molecule has 0 bridgehead atoms. The molecular weight excluding hydrogens is 476 g/mol. The highest BCUT2D eigenvalue weighted by atomic mass is 32.2. The first kappa shape index (κ1) is 24.4. The molecule has 36 heavy (non-hydrogen) atoms. The molecule has 2 aromatic carbocycles. The first-order valence-corrected chi connectivity index (χ1v) is 13.6. The minimum atomic E-state index is -3.61. The summed E-state index contributed by atoms with van der Waals surface area (Å²) in [5, 5.41) is 0. The molecule has 10 heteroatoms. The van der Waals surface area contributed by atoms with Gasteiger partial charge in [-0.05, 0) is 60.8 Å². The molecule has 0 unspecified atom stereocenters. The van der Waals surface area contributed by atoms with Gasteiger partial charge in [0.2, 0.25) is 16.0 Å². The lowest BCUT2D eigenvalue weighted by Crippen LogP contribution is -2.49. The Morgan fingerprint density at radius 2 is 1.53 bits per heavy atom. The average molecular weight is 507 g/mol. The van der Waals surface area contributed by atoms with Gasteiger partial charge in [-0.3, -0.25) is 9.69 Å². The van der Waals surface area contributed by atoms with Crippen molar-refractivity contribution in [2.75, 3.05) is 44.2 Å². The van der Waals surface area contributed by atoms with Crippen LogP contribution in [-0.4, -0.2) is 72.8 Å². The summed E-state index contributed by atoms with van der Waals surface area (Å²) in [4.78, 5) is 24.2. The number of hydrogen-bond acceptors (Lipinski definition) is 7. The number of piperazine rings is 1. The van der Waals surface area contributed by atoms with Gasteiger partial charge in [-0.15, -0.1) is 0 Å². The molecule has 9 nitrogen and oxygen atoms in total. The maximum Gasteiger partial charge on any atom is 0.251 e.